The van der Waals surface area contributed by atoms with Crippen LogP contribution in [0.1, 0.15) is 12.8 Å². The van der Waals surface area contributed by atoms with Crippen LogP contribution >= 0.6 is 15.9 Å². The van der Waals surface area contributed by atoms with Crippen LogP contribution in [0.25, 0.3) is 11.0 Å². The van der Waals surface area contributed by atoms with Crippen LogP contribution in [0.2, 0.25) is 0 Å². The Hall–Kier alpha value is -1.24. The zero-order valence-corrected chi connectivity index (χ0v) is 13.1. The predicted octanol–water partition coefficient (Wildman–Crippen LogP) is 2.31. The van der Waals surface area contributed by atoms with Crippen molar-refractivity contribution in [1.82, 2.24) is 9.97 Å². The lowest BCUT2D eigenvalue weighted by atomic mass is 9.68. The number of rotatable bonds is 2. The minimum atomic E-state index is 0.147. The van der Waals surface area contributed by atoms with E-state index in [1.165, 1.54) is 6.42 Å². The molecule has 110 valence electrons. The number of nitrogens with zero attached hydrogens (tertiary/aromatic N) is 2. The molecule has 0 radical (unpaired) electrons. The highest BCUT2D eigenvalue weighted by Crippen LogP contribution is 2.39. The number of halogens is 1. The number of fused-ring (bicyclic) bond motifs is 2. The lowest BCUT2D eigenvalue weighted by molar-refractivity contribution is -0.104. The third kappa shape index (κ3) is 2.22. The molecule has 2 aromatic heterocycles. The van der Waals surface area contributed by atoms with Crippen LogP contribution in [-0.4, -0.2) is 34.8 Å². The number of anilines is 1. The van der Waals surface area contributed by atoms with E-state index in [4.69, 9.17) is 10.5 Å². The van der Waals surface area contributed by atoms with Gasteiger partial charge in [0.15, 0.2) is 0 Å². The number of hydrogen-bond donors (Lipinski definition) is 2. The molecule has 1 aliphatic heterocycles. The van der Waals surface area contributed by atoms with E-state index >= 15 is 0 Å². The lowest BCUT2D eigenvalue weighted by Crippen LogP contribution is -2.69. The van der Waals surface area contributed by atoms with Crippen LogP contribution in [0.5, 0.6) is 0 Å². The van der Waals surface area contributed by atoms with Crippen molar-refractivity contribution in [2.75, 3.05) is 11.9 Å². The van der Waals surface area contributed by atoms with Gasteiger partial charge in [0.25, 0.3) is 0 Å². The fourth-order valence-corrected chi connectivity index (χ4v) is 3.75. The van der Waals surface area contributed by atoms with Gasteiger partial charge in [-0.15, -0.1) is 0 Å². The number of nitrogens with one attached hydrogen (secondary N) is 1. The van der Waals surface area contributed by atoms with E-state index in [0.717, 1.165) is 34.2 Å². The van der Waals surface area contributed by atoms with Crippen molar-refractivity contribution < 1.29 is 4.74 Å². The molecule has 0 amide bonds. The molecule has 21 heavy (non-hydrogen) atoms. The summed E-state index contributed by atoms with van der Waals surface area (Å²) in [6.07, 6.45) is 6.10. The van der Waals surface area contributed by atoms with Crippen LogP contribution in [0.15, 0.2) is 29.0 Å². The van der Waals surface area contributed by atoms with E-state index in [9.17, 15) is 0 Å². The zero-order chi connectivity index (χ0) is 14.4. The Morgan fingerprint density at radius 3 is 3.19 bits per heavy atom. The molecule has 1 aliphatic carbocycles. The Morgan fingerprint density at radius 2 is 2.29 bits per heavy atom. The van der Waals surface area contributed by atoms with E-state index in [0.29, 0.717) is 5.92 Å². The van der Waals surface area contributed by atoms with E-state index in [-0.39, 0.29) is 18.2 Å². The first-order valence-corrected chi connectivity index (χ1v) is 8.07. The van der Waals surface area contributed by atoms with E-state index in [1.54, 1.807) is 12.4 Å². The van der Waals surface area contributed by atoms with Gasteiger partial charge in [-0.05, 0) is 40.9 Å². The van der Waals surface area contributed by atoms with Crippen molar-refractivity contribution in [3.63, 3.8) is 0 Å². The Labute approximate surface area is 131 Å². The SMILES string of the molecule is NC1C2CCCOC2C1Nc1ccnc2cc(Br)cnc12. The Balaban J connectivity index is 1.63. The Bertz CT molecular complexity index is 680. The van der Waals surface area contributed by atoms with Crippen LogP contribution < -0.4 is 11.1 Å². The zero-order valence-electron chi connectivity index (χ0n) is 11.5. The molecule has 1 saturated heterocycles. The first-order valence-electron chi connectivity index (χ1n) is 7.28. The molecular formula is C15H17BrN4O. The number of ether oxygens (including phenoxy) is 1. The molecule has 4 atom stereocenters. The first kappa shape index (κ1) is 13.4. The van der Waals surface area contributed by atoms with Gasteiger partial charge in [0.1, 0.15) is 5.52 Å². The molecule has 2 aliphatic rings. The van der Waals surface area contributed by atoms with Gasteiger partial charge in [0.2, 0.25) is 0 Å². The van der Waals surface area contributed by atoms with Crippen LogP contribution in [-0.2, 0) is 4.74 Å². The van der Waals surface area contributed by atoms with E-state index < -0.39 is 0 Å². The first-order chi connectivity index (χ1) is 10.2. The standard InChI is InChI=1S/C15H17BrN4O/c16-8-6-11-13(19-7-8)10(3-4-18-11)20-14-12(17)9-2-1-5-21-15(9)14/h3-4,6-7,9,12,14-15H,1-2,5,17H2,(H,18,20). The molecule has 4 rings (SSSR count). The average molecular weight is 349 g/mol. The summed E-state index contributed by atoms with van der Waals surface area (Å²) >= 11 is 3.42. The molecule has 2 fully saturated rings. The van der Waals surface area contributed by atoms with Gasteiger partial charge >= 0.3 is 0 Å². The number of aromatic nitrogens is 2. The maximum absolute atomic E-state index is 6.31. The molecule has 0 bridgehead atoms. The minimum absolute atomic E-state index is 0.147. The van der Waals surface area contributed by atoms with Gasteiger partial charge < -0.3 is 15.8 Å². The Morgan fingerprint density at radius 1 is 1.38 bits per heavy atom. The fourth-order valence-electron chi connectivity index (χ4n) is 3.43. The van der Waals surface area contributed by atoms with E-state index in [1.807, 2.05) is 12.1 Å². The lowest BCUT2D eigenvalue weighted by Gasteiger charge is -2.52. The van der Waals surface area contributed by atoms with Gasteiger partial charge in [-0.2, -0.15) is 0 Å². The molecule has 3 heterocycles. The summed E-state index contributed by atoms with van der Waals surface area (Å²) < 4.78 is 6.80. The molecule has 2 aromatic rings. The monoisotopic (exact) mass is 348 g/mol. The predicted molar refractivity (Wildman–Crippen MR) is 85.1 cm³/mol. The van der Waals surface area contributed by atoms with Gasteiger partial charge in [0, 0.05) is 35.4 Å². The highest BCUT2D eigenvalue weighted by atomic mass is 79.9. The van der Waals surface area contributed by atoms with Crippen molar-refractivity contribution in [1.29, 1.82) is 0 Å². The minimum Gasteiger partial charge on any atom is -0.376 e. The highest BCUT2D eigenvalue weighted by Gasteiger charge is 2.50. The molecule has 0 aromatic carbocycles. The average Bonchev–Trinajstić information content (AvgIpc) is 2.51. The van der Waals surface area contributed by atoms with Gasteiger partial charge in [0.05, 0.1) is 23.3 Å². The van der Waals surface area contributed by atoms with Crippen molar-refractivity contribution in [2.24, 2.45) is 11.7 Å². The molecule has 0 spiro atoms. The molecule has 1 saturated carbocycles. The molecule has 6 heteroatoms. The van der Waals surface area contributed by atoms with Crippen molar-refractivity contribution in [2.45, 2.75) is 31.0 Å². The normalized spacial score (nSPS) is 31.5. The summed E-state index contributed by atoms with van der Waals surface area (Å²) in [5.41, 5.74) is 9.01. The maximum atomic E-state index is 6.31. The molecular weight excluding hydrogens is 332 g/mol. The molecule has 5 nitrogen and oxygen atoms in total. The second-order valence-electron chi connectivity index (χ2n) is 5.77. The summed E-state index contributed by atoms with van der Waals surface area (Å²) in [6, 6.07) is 4.22. The van der Waals surface area contributed by atoms with Gasteiger partial charge in [-0.3, -0.25) is 9.97 Å². The summed E-state index contributed by atoms with van der Waals surface area (Å²) in [5, 5.41) is 3.52. The highest BCUT2D eigenvalue weighted by molar-refractivity contribution is 9.10. The maximum Gasteiger partial charge on any atom is 0.112 e. The smallest absolute Gasteiger partial charge is 0.112 e. The summed E-state index contributed by atoms with van der Waals surface area (Å²) in [7, 11) is 0. The van der Waals surface area contributed by atoms with Crippen molar-refractivity contribution >= 4 is 32.7 Å². The second-order valence-corrected chi connectivity index (χ2v) is 6.68. The fraction of sp³-hybridized carbons (Fsp3) is 0.467. The van der Waals surface area contributed by atoms with Crippen molar-refractivity contribution in [3.8, 4) is 0 Å². The number of nitrogens with two attached hydrogens (primary N) is 1. The van der Waals surface area contributed by atoms with Gasteiger partial charge in [-0.25, -0.2) is 0 Å². The van der Waals surface area contributed by atoms with Crippen LogP contribution in [0, 0.1) is 5.92 Å². The molecule has 3 N–H and O–H groups in total. The van der Waals surface area contributed by atoms with Crippen LogP contribution in [0.4, 0.5) is 5.69 Å². The summed E-state index contributed by atoms with van der Waals surface area (Å²) in [6.45, 7) is 0.842. The molecule has 4 unspecified atom stereocenters. The summed E-state index contributed by atoms with van der Waals surface area (Å²) in [5.74, 6) is 0.492. The van der Waals surface area contributed by atoms with Crippen molar-refractivity contribution in [3.05, 3.63) is 29.0 Å². The van der Waals surface area contributed by atoms with E-state index in [2.05, 4.69) is 31.2 Å². The second kappa shape index (κ2) is 5.19. The largest absolute Gasteiger partial charge is 0.376 e. The third-order valence-electron chi connectivity index (χ3n) is 4.54. The van der Waals surface area contributed by atoms with Gasteiger partial charge in [-0.1, -0.05) is 0 Å². The van der Waals surface area contributed by atoms with Crippen LogP contribution in [0.3, 0.4) is 0 Å². The third-order valence-corrected chi connectivity index (χ3v) is 4.98. The topological polar surface area (TPSA) is 73.1 Å². The number of hydrogen-bond acceptors (Lipinski definition) is 5. The summed E-state index contributed by atoms with van der Waals surface area (Å²) in [4.78, 5) is 8.83. The Kier molecular flexibility index (Phi) is 3.32. The number of pyridine rings is 2. The quantitative estimate of drug-likeness (QED) is 0.871.